The largest absolute Gasteiger partial charge is 0.399 e. The molecule has 1 aromatic rings. The summed E-state index contributed by atoms with van der Waals surface area (Å²) in [5, 5.41) is 3.21. The summed E-state index contributed by atoms with van der Waals surface area (Å²) in [4.78, 5) is 0. The van der Waals surface area contributed by atoms with Crippen molar-refractivity contribution in [1.82, 2.24) is 0 Å². The first kappa shape index (κ1) is 10.3. The molecule has 0 radical (unpaired) electrons. The Morgan fingerprint density at radius 1 is 1.54 bits per heavy atom. The molecule has 0 aromatic heterocycles. The monoisotopic (exact) mass is 244 g/mol. The molecule has 3 N–H and O–H groups in total. The Hall–Kier alpha value is -0.740. The molecular formula is C9H13BrN2O. The maximum Gasteiger partial charge on any atom is 0.0635 e. The normalized spacial score (nSPS) is 10.0. The summed E-state index contributed by atoms with van der Waals surface area (Å²) in [6.07, 6.45) is 0. The molecule has 13 heavy (non-hydrogen) atoms. The van der Waals surface area contributed by atoms with E-state index in [1.807, 2.05) is 18.2 Å². The molecule has 0 saturated carbocycles. The average molecular weight is 245 g/mol. The molecule has 0 aliphatic carbocycles. The van der Waals surface area contributed by atoms with E-state index in [0.29, 0.717) is 6.61 Å². The summed E-state index contributed by atoms with van der Waals surface area (Å²) < 4.78 is 5.90. The maximum absolute atomic E-state index is 5.60. The molecule has 0 amide bonds. The third-order valence-electron chi connectivity index (χ3n) is 1.61. The molecule has 1 aromatic carbocycles. The molecule has 0 atom stereocenters. The van der Waals surface area contributed by atoms with Crippen molar-refractivity contribution < 1.29 is 4.74 Å². The number of benzene rings is 1. The van der Waals surface area contributed by atoms with E-state index in [4.69, 9.17) is 10.5 Å². The molecule has 0 aliphatic heterocycles. The number of hydrogen-bond acceptors (Lipinski definition) is 3. The van der Waals surface area contributed by atoms with Crippen LogP contribution >= 0.6 is 15.9 Å². The molecule has 0 saturated heterocycles. The van der Waals surface area contributed by atoms with Gasteiger partial charge in [0.2, 0.25) is 0 Å². The number of rotatable bonds is 4. The van der Waals surface area contributed by atoms with Gasteiger partial charge in [0.15, 0.2) is 0 Å². The van der Waals surface area contributed by atoms with Gasteiger partial charge in [0, 0.05) is 29.5 Å². The SMILES string of the molecule is COCCNc1ccc(N)cc1Br. The Morgan fingerprint density at radius 3 is 2.92 bits per heavy atom. The van der Waals surface area contributed by atoms with Gasteiger partial charge in [-0.2, -0.15) is 0 Å². The summed E-state index contributed by atoms with van der Waals surface area (Å²) in [6, 6.07) is 5.67. The minimum Gasteiger partial charge on any atom is -0.399 e. The van der Waals surface area contributed by atoms with Crippen molar-refractivity contribution in [2.75, 3.05) is 31.3 Å². The first-order valence-corrected chi connectivity index (χ1v) is 4.81. The topological polar surface area (TPSA) is 47.3 Å². The van der Waals surface area contributed by atoms with Gasteiger partial charge >= 0.3 is 0 Å². The number of anilines is 2. The van der Waals surface area contributed by atoms with E-state index in [-0.39, 0.29) is 0 Å². The average Bonchev–Trinajstić information content (AvgIpc) is 2.09. The van der Waals surface area contributed by atoms with Crippen LogP contribution in [-0.4, -0.2) is 20.3 Å². The van der Waals surface area contributed by atoms with Crippen LogP contribution in [0.1, 0.15) is 0 Å². The Morgan fingerprint density at radius 2 is 2.31 bits per heavy atom. The second-order valence-corrected chi connectivity index (χ2v) is 3.51. The van der Waals surface area contributed by atoms with E-state index in [1.54, 1.807) is 7.11 Å². The van der Waals surface area contributed by atoms with Gasteiger partial charge in [-0.3, -0.25) is 0 Å². The molecular weight excluding hydrogens is 232 g/mol. The highest BCUT2D eigenvalue weighted by Gasteiger charge is 1.98. The van der Waals surface area contributed by atoms with Gasteiger partial charge in [-0.15, -0.1) is 0 Å². The van der Waals surface area contributed by atoms with Crippen molar-refractivity contribution in [1.29, 1.82) is 0 Å². The number of halogens is 1. The van der Waals surface area contributed by atoms with Crippen molar-refractivity contribution in [2.45, 2.75) is 0 Å². The zero-order chi connectivity index (χ0) is 9.68. The van der Waals surface area contributed by atoms with Crippen molar-refractivity contribution >= 4 is 27.3 Å². The first-order valence-electron chi connectivity index (χ1n) is 4.02. The lowest BCUT2D eigenvalue weighted by molar-refractivity contribution is 0.211. The van der Waals surface area contributed by atoms with Gasteiger partial charge < -0.3 is 15.8 Å². The van der Waals surface area contributed by atoms with Gasteiger partial charge in [0.05, 0.1) is 6.61 Å². The van der Waals surface area contributed by atoms with Crippen LogP contribution < -0.4 is 11.1 Å². The Bertz CT molecular complexity index is 278. The summed E-state index contributed by atoms with van der Waals surface area (Å²) in [5.74, 6) is 0. The molecule has 0 heterocycles. The van der Waals surface area contributed by atoms with Crippen LogP contribution in [0.25, 0.3) is 0 Å². The van der Waals surface area contributed by atoms with Crippen molar-refractivity contribution in [2.24, 2.45) is 0 Å². The van der Waals surface area contributed by atoms with E-state index in [2.05, 4.69) is 21.2 Å². The number of hydrogen-bond donors (Lipinski definition) is 2. The van der Waals surface area contributed by atoms with E-state index < -0.39 is 0 Å². The Balaban J connectivity index is 2.56. The van der Waals surface area contributed by atoms with E-state index in [9.17, 15) is 0 Å². The van der Waals surface area contributed by atoms with Gasteiger partial charge in [0.1, 0.15) is 0 Å². The van der Waals surface area contributed by atoms with E-state index in [0.717, 1.165) is 22.4 Å². The third-order valence-corrected chi connectivity index (χ3v) is 2.27. The summed E-state index contributed by atoms with van der Waals surface area (Å²) in [5.41, 5.74) is 7.39. The molecule has 0 bridgehead atoms. The van der Waals surface area contributed by atoms with Gasteiger partial charge in [-0.1, -0.05) is 0 Å². The highest BCUT2D eigenvalue weighted by atomic mass is 79.9. The molecule has 4 heteroatoms. The summed E-state index contributed by atoms with van der Waals surface area (Å²) >= 11 is 3.42. The number of methoxy groups -OCH3 is 1. The molecule has 0 fully saturated rings. The van der Waals surface area contributed by atoms with Gasteiger partial charge in [-0.05, 0) is 34.1 Å². The van der Waals surface area contributed by atoms with Crippen LogP contribution in [0.5, 0.6) is 0 Å². The maximum atomic E-state index is 5.60. The van der Waals surface area contributed by atoms with Gasteiger partial charge in [-0.25, -0.2) is 0 Å². The van der Waals surface area contributed by atoms with E-state index in [1.165, 1.54) is 0 Å². The lowest BCUT2D eigenvalue weighted by Crippen LogP contribution is -2.07. The smallest absolute Gasteiger partial charge is 0.0635 e. The minimum atomic E-state index is 0.691. The predicted octanol–water partition coefficient (Wildman–Crippen LogP) is 2.09. The zero-order valence-electron chi connectivity index (χ0n) is 7.51. The molecule has 1 rings (SSSR count). The first-order chi connectivity index (χ1) is 6.24. The van der Waals surface area contributed by atoms with Crippen LogP contribution in [0.2, 0.25) is 0 Å². The van der Waals surface area contributed by atoms with Crippen LogP contribution in [-0.2, 0) is 4.74 Å². The Kier molecular flexibility index (Phi) is 4.05. The summed E-state index contributed by atoms with van der Waals surface area (Å²) in [7, 11) is 1.68. The number of nitrogen functional groups attached to an aromatic ring is 1. The quantitative estimate of drug-likeness (QED) is 0.630. The van der Waals surface area contributed by atoms with Crippen molar-refractivity contribution in [3.8, 4) is 0 Å². The lowest BCUT2D eigenvalue weighted by atomic mass is 10.3. The van der Waals surface area contributed by atoms with E-state index >= 15 is 0 Å². The van der Waals surface area contributed by atoms with Gasteiger partial charge in [0.25, 0.3) is 0 Å². The number of nitrogens with two attached hydrogens (primary N) is 1. The zero-order valence-corrected chi connectivity index (χ0v) is 9.10. The molecule has 0 spiro atoms. The standard InChI is InChI=1S/C9H13BrN2O/c1-13-5-4-12-9-3-2-7(11)6-8(9)10/h2-3,6,12H,4-5,11H2,1H3. The molecule has 0 aliphatic rings. The Labute approximate surface area is 86.4 Å². The van der Waals surface area contributed by atoms with Crippen LogP contribution in [0, 0.1) is 0 Å². The fourth-order valence-corrected chi connectivity index (χ4v) is 1.50. The summed E-state index contributed by atoms with van der Waals surface area (Å²) in [6.45, 7) is 1.48. The van der Waals surface area contributed by atoms with Crippen molar-refractivity contribution in [3.05, 3.63) is 22.7 Å². The predicted molar refractivity (Wildman–Crippen MR) is 58.9 cm³/mol. The third kappa shape index (κ3) is 3.24. The van der Waals surface area contributed by atoms with Crippen LogP contribution in [0.15, 0.2) is 22.7 Å². The molecule has 0 unspecified atom stereocenters. The molecule has 72 valence electrons. The van der Waals surface area contributed by atoms with Crippen molar-refractivity contribution in [3.63, 3.8) is 0 Å². The highest BCUT2D eigenvalue weighted by molar-refractivity contribution is 9.10. The highest BCUT2D eigenvalue weighted by Crippen LogP contribution is 2.24. The van der Waals surface area contributed by atoms with Crippen LogP contribution in [0.4, 0.5) is 11.4 Å². The minimum absolute atomic E-state index is 0.691. The van der Waals surface area contributed by atoms with Crippen LogP contribution in [0.3, 0.4) is 0 Å². The second kappa shape index (κ2) is 5.09. The fraction of sp³-hybridized carbons (Fsp3) is 0.333. The molecule has 3 nitrogen and oxygen atoms in total. The number of nitrogens with one attached hydrogen (secondary N) is 1. The lowest BCUT2D eigenvalue weighted by Gasteiger charge is -2.08. The fourth-order valence-electron chi connectivity index (χ4n) is 0.962. The second-order valence-electron chi connectivity index (χ2n) is 2.66. The number of ether oxygens (including phenoxy) is 1.